The highest BCUT2D eigenvalue weighted by molar-refractivity contribution is 5.95. The summed E-state index contributed by atoms with van der Waals surface area (Å²) in [6.07, 6.45) is 3.32. The van der Waals surface area contributed by atoms with Gasteiger partial charge in [0.15, 0.2) is 0 Å². The van der Waals surface area contributed by atoms with Gasteiger partial charge in [-0.05, 0) is 51.0 Å². The number of amides is 1. The summed E-state index contributed by atoms with van der Waals surface area (Å²) in [7, 11) is 0. The van der Waals surface area contributed by atoms with Gasteiger partial charge >= 0.3 is 5.97 Å². The van der Waals surface area contributed by atoms with Crippen molar-refractivity contribution in [2.24, 2.45) is 5.92 Å². The minimum absolute atomic E-state index is 0.136. The molecule has 1 saturated heterocycles. The van der Waals surface area contributed by atoms with Crippen LogP contribution in [0.15, 0.2) is 35.9 Å². The molecule has 1 aromatic carbocycles. The van der Waals surface area contributed by atoms with Crippen LogP contribution in [-0.4, -0.2) is 41.6 Å². The molecule has 1 aromatic rings. The fourth-order valence-corrected chi connectivity index (χ4v) is 2.57. The summed E-state index contributed by atoms with van der Waals surface area (Å²) in [5.74, 6) is -0.796. The largest absolute Gasteiger partial charge is 0.490 e. The second-order valence-corrected chi connectivity index (χ2v) is 6.05. The zero-order valence-electron chi connectivity index (χ0n) is 13.6. The van der Waals surface area contributed by atoms with Gasteiger partial charge in [-0.3, -0.25) is 9.59 Å². The molecule has 5 nitrogen and oxygen atoms in total. The Morgan fingerprint density at radius 1 is 1.39 bits per heavy atom. The topological polar surface area (TPSA) is 66.8 Å². The molecule has 1 heterocycles. The van der Waals surface area contributed by atoms with Crippen LogP contribution in [0, 0.1) is 5.92 Å². The van der Waals surface area contributed by atoms with Gasteiger partial charge in [0.1, 0.15) is 12.4 Å². The Balaban J connectivity index is 2.04. The van der Waals surface area contributed by atoms with Crippen LogP contribution in [0.2, 0.25) is 0 Å². The molecule has 1 atom stereocenters. The van der Waals surface area contributed by atoms with E-state index in [0.717, 1.165) is 6.42 Å². The number of benzene rings is 1. The third kappa shape index (κ3) is 4.84. The van der Waals surface area contributed by atoms with Crippen LogP contribution in [0.1, 0.15) is 37.0 Å². The van der Waals surface area contributed by atoms with Crippen molar-refractivity contribution >= 4 is 11.9 Å². The van der Waals surface area contributed by atoms with E-state index in [9.17, 15) is 9.59 Å². The third-order valence-corrected chi connectivity index (χ3v) is 3.88. The molecule has 124 valence electrons. The van der Waals surface area contributed by atoms with Crippen LogP contribution in [0.4, 0.5) is 0 Å². The number of hydrogen-bond acceptors (Lipinski definition) is 3. The van der Waals surface area contributed by atoms with Crippen molar-refractivity contribution in [2.45, 2.75) is 26.7 Å². The molecule has 0 bridgehead atoms. The van der Waals surface area contributed by atoms with Gasteiger partial charge < -0.3 is 14.7 Å². The van der Waals surface area contributed by atoms with Gasteiger partial charge in [0.2, 0.25) is 0 Å². The Hall–Kier alpha value is -2.30. The van der Waals surface area contributed by atoms with Crippen molar-refractivity contribution in [1.82, 2.24) is 4.90 Å². The summed E-state index contributed by atoms with van der Waals surface area (Å²) >= 11 is 0. The first-order valence-electron chi connectivity index (χ1n) is 7.85. The van der Waals surface area contributed by atoms with Gasteiger partial charge in [-0.1, -0.05) is 11.6 Å². The van der Waals surface area contributed by atoms with Crippen molar-refractivity contribution in [3.63, 3.8) is 0 Å². The molecule has 23 heavy (non-hydrogen) atoms. The van der Waals surface area contributed by atoms with E-state index in [1.54, 1.807) is 23.1 Å². The van der Waals surface area contributed by atoms with E-state index in [0.29, 0.717) is 30.9 Å². The molecule has 2 rings (SSSR count). The number of carboxylic acid groups (broad SMARTS) is 1. The third-order valence-electron chi connectivity index (χ3n) is 3.88. The molecular weight excluding hydrogens is 294 g/mol. The van der Waals surface area contributed by atoms with E-state index in [-0.39, 0.29) is 12.5 Å². The molecule has 0 saturated carbocycles. The highest BCUT2D eigenvalue weighted by atomic mass is 16.5. The first kappa shape index (κ1) is 17.1. The number of nitrogens with zero attached hydrogens (tertiary/aromatic N) is 1. The number of carbonyl (C=O) groups excluding carboxylic acids is 1. The van der Waals surface area contributed by atoms with Crippen LogP contribution < -0.4 is 4.74 Å². The lowest BCUT2D eigenvalue weighted by molar-refractivity contribution is -0.143. The first-order valence-corrected chi connectivity index (χ1v) is 7.85. The zero-order chi connectivity index (χ0) is 16.8. The Morgan fingerprint density at radius 3 is 2.87 bits per heavy atom. The maximum Gasteiger partial charge on any atom is 0.308 e. The van der Waals surface area contributed by atoms with Gasteiger partial charge in [0.05, 0.1) is 5.92 Å². The minimum atomic E-state index is -0.832. The lowest BCUT2D eigenvalue weighted by atomic mass is 9.97. The molecule has 1 aliphatic rings. The van der Waals surface area contributed by atoms with E-state index in [1.165, 1.54) is 5.57 Å². The second-order valence-electron chi connectivity index (χ2n) is 6.05. The molecule has 0 spiro atoms. The predicted octanol–water partition coefficient (Wildman–Crippen LogP) is 2.97. The maximum absolute atomic E-state index is 12.6. The Labute approximate surface area is 136 Å². The Kier molecular flexibility index (Phi) is 5.79. The number of hydrogen-bond donors (Lipinski definition) is 1. The van der Waals surface area contributed by atoms with Crippen LogP contribution in [0.5, 0.6) is 5.75 Å². The Bertz CT molecular complexity index is 605. The van der Waals surface area contributed by atoms with E-state index in [4.69, 9.17) is 9.84 Å². The summed E-state index contributed by atoms with van der Waals surface area (Å²) < 4.78 is 5.61. The zero-order valence-corrected chi connectivity index (χ0v) is 13.6. The molecule has 1 aliphatic heterocycles. The van der Waals surface area contributed by atoms with Gasteiger partial charge in [-0.15, -0.1) is 0 Å². The lowest BCUT2D eigenvalue weighted by Crippen LogP contribution is -2.42. The van der Waals surface area contributed by atoms with E-state index >= 15 is 0 Å². The number of aliphatic carboxylic acids is 1. The molecule has 1 fully saturated rings. The van der Waals surface area contributed by atoms with Gasteiger partial charge in [0.25, 0.3) is 5.91 Å². The van der Waals surface area contributed by atoms with Gasteiger partial charge in [0, 0.05) is 18.7 Å². The van der Waals surface area contributed by atoms with Crippen LogP contribution in [0.25, 0.3) is 0 Å². The first-order chi connectivity index (χ1) is 11.0. The lowest BCUT2D eigenvalue weighted by Gasteiger charge is -2.30. The van der Waals surface area contributed by atoms with Crippen molar-refractivity contribution in [2.75, 3.05) is 19.7 Å². The fourth-order valence-electron chi connectivity index (χ4n) is 2.57. The average molecular weight is 317 g/mol. The summed E-state index contributed by atoms with van der Waals surface area (Å²) in [5, 5.41) is 9.13. The van der Waals surface area contributed by atoms with Crippen molar-refractivity contribution in [3.8, 4) is 5.75 Å². The number of carboxylic acids is 1. The van der Waals surface area contributed by atoms with Crippen molar-refractivity contribution < 1.29 is 19.4 Å². The monoisotopic (exact) mass is 317 g/mol. The highest BCUT2D eigenvalue weighted by Gasteiger charge is 2.28. The molecular formula is C18H23NO4. The molecule has 1 N–H and O–H groups in total. The number of piperidine rings is 1. The van der Waals surface area contributed by atoms with Gasteiger partial charge in [-0.25, -0.2) is 0 Å². The SMILES string of the molecule is CC(C)=CCOc1cccc(C(=O)N2CCCC(C(=O)O)C2)c1. The number of ether oxygens (including phenoxy) is 1. The smallest absolute Gasteiger partial charge is 0.308 e. The minimum Gasteiger partial charge on any atom is -0.490 e. The van der Waals surface area contributed by atoms with Crippen LogP contribution >= 0.6 is 0 Å². The molecule has 0 aromatic heterocycles. The highest BCUT2D eigenvalue weighted by Crippen LogP contribution is 2.21. The van der Waals surface area contributed by atoms with Crippen molar-refractivity contribution in [1.29, 1.82) is 0 Å². The Morgan fingerprint density at radius 2 is 2.17 bits per heavy atom. The summed E-state index contributed by atoms with van der Waals surface area (Å²) in [4.78, 5) is 25.3. The molecule has 0 radical (unpaired) electrons. The van der Waals surface area contributed by atoms with E-state index < -0.39 is 11.9 Å². The number of allylic oxidation sites excluding steroid dienone is 1. The average Bonchev–Trinajstić information content (AvgIpc) is 2.54. The van der Waals surface area contributed by atoms with Crippen molar-refractivity contribution in [3.05, 3.63) is 41.5 Å². The summed E-state index contributed by atoms with van der Waals surface area (Å²) in [6, 6.07) is 7.04. The summed E-state index contributed by atoms with van der Waals surface area (Å²) in [5.41, 5.74) is 1.70. The number of rotatable bonds is 5. The predicted molar refractivity (Wildman–Crippen MR) is 87.6 cm³/mol. The number of carbonyl (C=O) groups is 2. The standard InChI is InChI=1S/C18H23NO4/c1-13(2)8-10-23-16-7-3-5-14(11-16)17(20)19-9-4-6-15(12-19)18(21)22/h3,5,7-8,11,15H,4,6,9-10,12H2,1-2H3,(H,21,22). The second kappa shape index (κ2) is 7.81. The van der Waals surface area contributed by atoms with E-state index in [1.807, 2.05) is 26.0 Å². The quantitative estimate of drug-likeness (QED) is 0.848. The molecule has 1 amide bonds. The summed E-state index contributed by atoms with van der Waals surface area (Å²) in [6.45, 7) is 5.34. The molecule has 1 unspecified atom stereocenters. The van der Waals surface area contributed by atoms with Gasteiger partial charge in [-0.2, -0.15) is 0 Å². The maximum atomic E-state index is 12.6. The fraction of sp³-hybridized carbons (Fsp3) is 0.444. The normalized spacial score (nSPS) is 17.5. The van der Waals surface area contributed by atoms with E-state index in [2.05, 4.69) is 0 Å². The van der Waals surface area contributed by atoms with Crippen LogP contribution in [0.3, 0.4) is 0 Å². The van der Waals surface area contributed by atoms with Crippen LogP contribution in [-0.2, 0) is 4.79 Å². The number of likely N-dealkylation sites (tertiary alicyclic amines) is 1. The molecule has 5 heteroatoms. The molecule has 0 aliphatic carbocycles.